The molecule has 0 unspecified atom stereocenters. The number of aromatic nitrogens is 5. The predicted octanol–water partition coefficient (Wildman–Crippen LogP) is 1.78. The van der Waals surface area contributed by atoms with Gasteiger partial charge >= 0.3 is 0 Å². The average Bonchev–Trinajstić information content (AvgIpc) is 2.82. The summed E-state index contributed by atoms with van der Waals surface area (Å²) in [5.41, 5.74) is 4.02. The Morgan fingerprint density at radius 3 is 2.71 bits per heavy atom. The molecule has 1 aliphatic rings. The lowest BCUT2D eigenvalue weighted by Gasteiger charge is -2.23. The molecule has 4 heterocycles. The first-order chi connectivity index (χ1) is 11.7. The highest BCUT2D eigenvalue weighted by Crippen LogP contribution is 2.19. The Kier molecular flexibility index (Phi) is 3.76. The molecule has 24 heavy (non-hydrogen) atoms. The van der Waals surface area contributed by atoms with E-state index in [0.717, 1.165) is 55.4 Å². The number of fused-ring (bicyclic) bond motifs is 1. The van der Waals surface area contributed by atoms with Gasteiger partial charge in [0.1, 0.15) is 5.52 Å². The molecule has 124 valence electrons. The quantitative estimate of drug-likeness (QED) is 0.716. The molecule has 0 amide bonds. The van der Waals surface area contributed by atoms with Gasteiger partial charge in [0, 0.05) is 50.8 Å². The number of nitrogens with zero attached hydrogens (tertiary/aromatic N) is 7. The second-order valence-electron chi connectivity index (χ2n) is 6.22. The molecule has 4 rings (SSSR count). The van der Waals surface area contributed by atoms with Crippen LogP contribution in [0.5, 0.6) is 0 Å². The third-order valence-corrected chi connectivity index (χ3v) is 4.47. The van der Waals surface area contributed by atoms with E-state index < -0.39 is 0 Å². The molecule has 7 nitrogen and oxygen atoms in total. The van der Waals surface area contributed by atoms with Crippen molar-refractivity contribution in [1.29, 1.82) is 0 Å². The Morgan fingerprint density at radius 2 is 1.83 bits per heavy atom. The Bertz CT molecular complexity index is 857. The summed E-state index contributed by atoms with van der Waals surface area (Å²) in [5, 5.41) is 0. The van der Waals surface area contributed by atoms with Gasteiger partial charge in [-0.2, -0.15) is 4.98 Å². The van der Waals surface area contributed by atoms with E-state index in [0.29, 0.717) is 0 Å². The zero-order valence-corrected chi connectivity index (χ0v) is 14.1. The van der Waals surface area contributed by atoms with E-state index >= 15 is 0 Å². The number of hydrogen-bond donors (Lipinski definition) is 0. The van der Waals surface area contributed by atoms with E-state index in [4.69, 9.17) is 4.98 Å². The number of hydrogen-bond acceptors (Lipinski definition) is 6. The van der Waals surface area contributed by atoms with Crippen LogP contribution in [-0.4, -0.2) is 50.7 Å². The fraction of sp³-hybridized carbons (Fsp3) is 0.412. The van der Waals surface area contributed by atoms with Crippen LogP contribution < -0.4 is 9.80 Å². The van der Waals surface area contributed by atoms with E-state index in [1.807, 2.05) is 30.9 Å². The fourth-order valence-electron chi connectivity index (χ4n) is 3.17. The lowest BCUT2D eigenvalue weighted by molar-refractivity contribution is 0.782. The Balaban J connectivity index is 1.54. The maximum atomic E-state index is 4.70. The van der Waals surface area contributed by atoms with Crippen molar-refractivity contribution in [2.24, 2.45) is 7.05 Å². The third kappa shape index (κ3) is 2.77. The van der Waals surface area contributed by atoms with Gasteiger partial charge in [0.2, 0.25) is 5.95 Å². The third-order valence-electron chi connectivity index (χ3n) is 4.47. The lowest BCUT2D eigenvalue weighted by Crippen LogP contribution is -2.31. The monoisotopic (exact) mass is 323 g/mol. The molecule has 0 saturated carbocycles. The summed E-state index contributed by atoms with van der Waals surface area (Å²) in [4.78, 5) is 22.5. The van der Waals surface area contributed by atoms with Crippen LogP contribution in [0.1, 0.15) is 12.1 Å². The zero-order valence-electron chi connectivity index (χ0n) is 14.1. The topological polar surface area (TPSA) is 63.0 Å². The van der Waals surface area contributed by atoms with Crippen LogP contribution in [0.2, 0.25) is 0 Å². The SMILES string of the molecule is Cc1cc(N2CCCN(c3ncc4ncn(C)c4n3)CC2)ccn1. The fourth-order valence-corrected chi connectivity index (χ4v) is 3.17. The van der Waals surface area contributed by atoms with Crippen LogP contribution in [0.15, 0.2) is 30.9 Å². The van der Waals surface area contributed by atoms with Crippen molar-refractivity contribution in [2.75, 3.05) is 36.0 Å². The Morgan fingerprint density at radius 1 is 1.00 bits per heavy atom. The van der Waals surface area contributed by atoms with Crippen molar-refractivity contribution in [1.82, 2.24) is 24.5 Å². The van der Waals surface area contributed by atoms with Gasteiger partial charge in [-0.1, -0.05) is 0 Å². The van der Waals surface area contributed by atoms with Crippen molar-refractivity contribution >= 4 is 22.8 Å². The van der Waals surface area contributed by atoms with Gasteiger partial charge in [0.15, 0.2) is 5.65 Å². The van der Waals surface area contributed by atoms with Gasteiger partial charge in [0.05, 0.1) is 12.5 Å². The smallest absolute Gasteiger partial charge is 0.227 e. The number of imidazole rings is 1. The van der Waals surface area contributed by atoms with Crippen molar-refractivity contribution in [3.8, 4) is 0 Å². The van der Waals surface area contributed by atoms with Gasteiger partial charge in [-0.15, -0.1) is 0 Å². The van der Waals surface area contributed by atoms with Crippen LogP contribution in [0.3, 0.4) is 0 Å². The number of pyridine rings is 1. The van der Waals surface area contributed by atoms with Gasteiger partial charge in [0.25, 0.3) is 0 Å². The van der Waals surface area contributed by atoms with E-state index in [2.05, 4.69) is 36.9 Å². The van der Waals surface area contributed by atoms with E-state index in [-0.39, 0.29) is 0 Å². The highest BCUT2D eigenvalue weighted by Gasteiger charge is 2.18. The zero-order chi connectivity index (χ0) is 16.5. The summed E-state index contributed by atoms with van der Waals surface area (Å²) in [5.74, 6) is 0.791. The predicted molar refractivity (Wildman–Crippen MR) is 94.3 cm³/mol. The number of rotatable bonds is 2. The van der Waals surface area contributed by atoms with Crippen molar-refractivity contribution < 1.29 is 0 Å². The number of anilines is 2. The summed E-state index contributed by atoms with van der Waals surface area (Å²) in [6.07, 6.45) is 6.55. The molecule has 7 heteroatoms. The number of aryl methyl sites for hydroxylation is 2. The molecule has 0 radical (unpaired) electrons. The first kappa shape index (κ1) is 14.9. The molecule has 1 fully saturated rings. The van der Waals surface area contributed by atoms with Gasteiger partial charge in [-0.25, -0.2) is 9.97 Å². The first-order valence-corrected chi connectivity index (χ1v) is 8.27. The standard InChI is InChI=1S/C17H21N7/c1-13-10-14(4-5-18-13)23-6-3-7-24(9-8-23)17-19-11-15-16(21-17)22(2)12-20-15/h4-5,10-12H,3,6-9H2,1-2H3. The maximum absolute atomic E-state index is 4.70. The van der Waals surface area contributed by atoms with Crippen LogP contribution in [-0.2, 0) is 7.05 Å². The molecule has 0 aromatic carbocycles. The van der Waals surface area contributed by atoms with E-state index in [1.165, 1.54) is 5.69 Å². The molecule has 3 aromatic heterocycles. The molecule has 1 saturated heterocycles. The second kappa shape index (κ2) is 6.07. The van der Waals surface area contributed by atoms with Crippen LogP contribution in [0, 0.1) is 6.92 Å². The summed E-state index contributed by atoms with van der Waals surface area (Å²) >= 11 is 0. The van der Waals surface area contributed by atoms with Crippen LogP contribution in [0.25, 0.3) is 11.2 Å². The molecular formula is C17H21N7. The highest BCUT2D eigenvalue weighted by molar-refractivity contribution is 5.70. The molecule has 0 aliphatic carbocycles. The average molecular weight is 323 g/mol. The van der Waals surface area contributed by atoms with Gasteiger partial charge in [-0.05, 0) is 25.5 Å². The molecule has 0 spiro atoms. The summed E-state index contributed by atoms with van der Waals surface area (Å²) < 4.78 is 1.93. The molecule has 1 aliphatic heterocycles. The van der Waals surface area contributed by atoms with Crippen molar-refractivity contribution in [3.63, 3.8) is 0 Å². The Labute approximate surface area is 141 Å². The minimum absolute atomic E-state index is 0.791. The molecule has 3 aromatic rings. The van der Waals surface area contributed by atoms with Gasteiger partial charge < -0.3 is 14.4 Å². The second-order valence-corrected chi connectivity index (χ2v) is 6.22. The molecule has 0 atom stereocenters. The van der Waals surface area contributed by atoms with E-state index in [1.54, 1.807) is 6.33 Å². The van der Waals surface area contributed by atoms with Crippen LogP contribution in [0.4, 0.5) is 11.6 Å². The molecule has 0 bridgehead atoms. The molecule has 0 N–H and O–H groups in total. The summed E-state index contributed by atoms with van der Waals surface area (Å²) in [7, 11) is 1.96. The first-order valence-electron chi connectivity index (χ1n) is 8.27. The van der Waals surface area contributed by atoms with Crippen molar-refractivity contribution in [2.45, 2.75) is 13.3 Å². The van der Waals surface area contributed by atoms with Gasteiger partial charge in [-0.3, -0.25) is 4.98 Å². The van der Waals surface area contributed by atoms with E-state index in [9.17, 15) is 0 Å². The minimum atomic E-state index is 0.791. The minimum Gasteiger partial charge on any atom is -0.370 e. The molecular weight excluding hydrogens is 302 g/mol. The lowest BCUT2D eigenvalue weighted by atomic mass is 10.3. The van der Waals surface area contributed by atoms with Crippen molar-refractivity contribution in [3.05, 3.63) is 36.5 Å². The normalized spacial score (nSPS) is 15.8. The maximum Gasteiger partial charge on any atom is 0.227 e. The summed E-state index contributed by atoms with van der Waals surface area (Å²) in [6, 6.07) is 4.23. The summed E-state index contributed by atoms with van der Waals surface area (Å²) in [6.45, 7) is 5.89. The highest BCUT2D eigenvalue weighted by atomic mass is 15.3. The van der Waals surface area contributed by atoms with Crippen LogP contribution >= 0.6 is 0 Å². The Hall–Kier alpha value is -2.70. The largest absolute Gasteiger partial charge is 0.370 e.